The average Bonchev–Trinajstić information content (AvgIpc) is 2.15. The Kier molecular flexibility index (Phi) is 6.00. The second kappa shape index (κ2) is 6.23. The molecule has 5 heteroatoms. The van der Waals surface area contributed by atoms with Crippen LogP contribution in [0.15, 0.2) is 24.3 Å². The molecule has 0 aliphatic rings. The molecule has 0 heterocycles. The Morgan fingerprint density at radius 2 is 1.75 bits per heavy atom. The molecule has 1 rings (SSSR count). The SMILES string of the molecule is C[Si](C)(C)Oc1ccc([C@@H](N)CF)cc1.Cl. The monoisotopic (exact) mass is 263 g/mol. The van der Waals surface area contributed by atoms with Crippen LogP contribution in [-0.2, 0) is 0 Å². The van der Waals surface area contributed by atoms with Crippen LogP contribution in [0.2, 0.25) is 19.6 Å². The molecule has 1 aromatic rings. The zero-order valence-corrected chi connectivity index (χ0v) is 11.7. The molecule has 0 amide bonds. The lowest BCUT2D eigenvalue weighted by Gasteiger charge is -2.19. The molecule has 0 bridgehead atoms. The normalized spacial score (nSPS) is 12.8. The lowest BCUT2D eigenvalue weighted by Crippen LogP contribution is -2.29. The molecule has 16 heavy (non-hydrogen) atoms. The van der Waals surface area contributed by atoms with Gasteiger partial charge in [0.1, 0.15) is 12.4 Å². The highest BCUT2D eigenvalue weighted by Gasteiger charge is 2.16. The van der Waals surface area contributed by atoms with Crippen LogP contribution in [0, 0.1) is 0 Å². The number of alkyl halides is 1. The summed E-state index contributed by atoms with van der Waals surface area (Å²) in [6.07, 6.45) is 0. The minimum atomic E-state index is -1.56. The van der Waals surface area contributed by atoms with Crippen molar-refractivity contribution in [2.75, 3.05) is 6.67 Å². The molecule has 2 nitrogen and oxygen atoms in total. The second-order valence-electron chi connectivity index (χ2n) is 4.54. The summed E-state index contributed by atoms with van der Waals surface area (Å²) in [5.41, 5.74) is 6.37. The number of hydrogen-bond donors (Lipinski definition) is 1. The van der Waals surface area contributed by atoms with Crippen LogP contribution < -0.4 is 10.2 Å². The first-order valence-corrected chi connectivity index (χ1v) is 8.44. The van der Waals surface area contributed by atoms with Crippen LogP contribution in [0.5, 0.6) is 5.75 Å². The third-order valence-corrected chi connectivity index (χ3v) is 2.75. The molecule has 0 saturated carbocycles. The summed E-state index contributed by atoms with van der Waals surface area (Å²) in [7, 11) is -1.56. The first-order chi connectivity index (χ1) is 6.92. The van der Waals surface area contributed by atoms with Gasteiger partial charge in [0.25, 0.3) is 0 Å². The van der Waals surface area contributed by atoms with Crippen molar-refractivity contribution in [3.8, 4) is 5.75 Å². The molecule has 0 aliphatic heterocycles. The highest BCUT2D eigenvalue weighted by atomic mass is 35.5. The van der Waals surface area contributed by atoms with E-state index in [0.717, 1.165) is 11.3 Å². The van der Waals surface area contributed by atoms with Gasteiger partial charge >= 0.3 is 0 Å². The van der Waals surface area contributed by atoms with E-state index in [1.165, 1.54) is 0 Å². The van der Waals surface area contributed by atoms with E-state index >= 15 is 0 Å². The average molecular weight is 264 g/mol. The van der Waals surface area contributed by atoms with Gasteiger partial charge in [-0.3, -0.25) is 0 Å². The Morgan fingerprint density at radius 1 is 1.25 bits per heavy atom. The Labute approximate surface area is 104 Å². The Bertz CT molecular complexity index is 313. The predicted octanol–water partition coefficient (Wildman–Crippen LogP) is 3.29. The predicted molar refractivity (Wildman–Crippen MR) is 70.6 cm³/mol. The Balaban J connectivity index is 0.00000225. The highest BCUT2D eigenvalue weighted by molar-refractivity contribution is 6.70. The lowest BCUT2D eigenvalue weighted by molar-refractivity contribution is 0.437. The number of nitrogens with two attached hydrogens (primary N) is 1. The first kappa shape index (κ1) is 15.4. The van der Waals surface area contributed by atoms with Crippen molar-refractivity contribution in [1.29, 1.82) is 0 Å². The zero-order valence-electron chi connectivity index (χ0n) is 9.87. The van der Waals surface area contributed by atoms with Gasteiger partial charge in [-0.25, -0.2) is 4.39 Å². The number of halogens is 2. The largest absolute Gasteiger partial charge is 0.544 e. The van der Waals surface area contributed by atoms with E-state index in [9.17, 15) is 4.39 Å². The Morgan fingerprint density at radius 3 is 2.12 bits per heavy atom. The maximum atomic E-state index is 12.3. The summed E-state index contributed by atoms with van der Waals surface area (Å²) in [4.78, 5) is 0. The first-order valence-electron chi connectivity index (χ1n) is 5.03. The van der Waals surface area contributed by atoms with Crippen LogP contribution in [0.25, 0.3) is 0 Å². The maximum Gasteiger partial charge on any atom is 0.242 e. The number of benzene rings is 1. The van der Waals surface area contributed by atoms with Crippen LogP contribution in [-0.4, -0.2) is 15.0 Å². The smallest absolute Gasteiger partial charge is 0.242 e. The van der Waals surface area contributed by atoms with E-state index in [4.69, 9.17) is 10.2 Å². The van der Waals surface area contributed by atoms with Gasteiger partial charge in [-0.15, -0.1) is 12.4 Å². The number of rotatable bonds is 4. The molecule has 0 fully saturated rings. The van der Waals surface area contributed by atoms with Crippen molar-refractivity contribution in [2.24, 2.45) is 5.73 Å². The maximum absolute atomic E-state index is 12.3. The molecule has 0 radical (unpaired) electrons. The van der Waals surface area contributed by atoms with Crippen molar-refractivity contribution in [1.82, 2.24) is 0 Å². The topological polar surface area (TPSA) is 35.2 Å². The number of hydrogen-bond acceptors (Lipinski definition) is 2. The van der Waals surface area contributed by atoms with Gasteiger partial charge in [-0.1, -0.05) is 12.1 Å². The summed E-state index contributed by atoms with van der Waals surface area (Å²) in [6, 6.07) is 6.82. The van der Waals surface area contributed by atoms with Crippen LogP contribution >= 0.6 is 12.4 Å². The Hall–Kier alpha value is -0.583. The molecule has 1 aromatic carbocycles. The van der Waals surface area contributed by atoms with Crippen molar-refractivity contribution >= 4 is 20.7 Å². The fraction of sp³-hybridized carbons (Fsp3) is 0.455. The molecular weight excluding hydrogens is 245 g/mol. The van der Waals surface area contributed by atoms with E-state index < -0.39 is 21.0 Å². The summed E-state index contributed by atoms with van der Waals surface area (Å²) >= 11 is 0. The van der Waals surface area contributed by atoms with Crippen LogP contribution in [0.1, 0.15) is 11.6 Å². The lowest BCUT2D eigenvalue weighted by atomic mass is 10.1. The van der Waals surface area contributed by atoms with E-state index in [1.54, 1.807) is 0 Å². The van der Waals surface area contributed by atoms with Gasteiger partial charge in [0, 0.05) is 0 Å². The van der Waals surface area contributed by atoms with Crippen molar-refractivity contribution in [3.63, 3.8) is 0 Å². The van der Waals surface area contributed by atoms with E-state index in [-0.39, 0.29) is 12.4 Å². The standard InChI is InChI=1S/C11H18FNOSi.ClH/c1-15(2,3)14-10-6-4-9(5-7-10)11(13)8-12;/h4-7,11H,8,13H2,1-3H3;1H/t11-;/m0./s1. The molecule has 1 atom stereocenters. The molecule has 0 unspecified atom stereocenters. The van der Waals surface area contributed by atoms with E-state index in [2.05, 4.69) is 19.6 Å². The quantitative estimate of drug-likeness (QED) is 0.846. The molecule has 2 N–H and O–H groups in total. The fourth-order valence-electron chi connectivity index (χ4n) is 1.23. The van der Waals surface area contributed by atoms with Gasteiger partial charge in [0.05, 0.1) is 6.04 Å². The molecule has 0 spiro atoms. The van der Waals surface area contributed by atoms with Gasteiger partial charge in [-0.05, 0) is 37.3 Å². The van der Waals surface area contributed by atoms with Gasteiger partial charge in [0.15, 0.2) is 0 Å². The summed E-state index contributed by atoms with van der Waals surface area (Å²) in [5, 5.41) is 0. The molecule has 0 saturated heterocycles. The summed E-state index contributed by atoms with van der Waals surface area (Å²) in [6.45, 7) is 5.82. The van der Waals surface area contributed by atoms with Gasteiger partial charge in [-0.2, -0.15) is 0 Å². The molecule has 92 valence electrons. The third-order valence-electron chi connectivity index (χ3n) is 1.90. The minimum Gasteiger partial charge on any atom is -0.544 e. The van der Waals surface area contributed by atoms with E-state index in [0.29, 0.717) is 0 Å². The molecular formula is C11H19ClFNOSi. The van der Waals surface area contributed by atoms with E-state index in [1.807, 2.05) is 24.3 Å². The van der Waals surface area contributed by atoms with Gasteiger partial charge < -0.3 is 10.2 Å². The van der Waals surface area contributed by atoms with Crippen molar-refractivity contribution in [3.05, 3.63) is 29.8 Å². The zero-order chi connectivity index (χ0) is 11.5. The van der Waals surface area contributed by atoms with Crippen LogP contribution in [0.4, 0.5) is 4.39 Å². The highest BCUT2D eigenvalue weighted by Crippen LogP contribution is 2.19. The van der Waals surface area contributed by atoms with Crippen molar-refractivity contribution < 1.29 is 8.82 Å². The second-order valence-corrected chi connectivity index (χ2v) is 8.97. The fourth-order valence-corrected chi connectivity index (χ4v) is 2.07. The van der Waals surface area contributed by atoms with Crippen molar-refractivity contribution in [2.45, 2.75) is 25.7 Å². The van der Waals surface area contributed by atoms with Crippen LogP contribution in [0.3, 0.4) is 0 Å². The summed E-state index contributed by atoms with van der Waals surface area (Å²) in [5.74, 6) is 0.837. The molecule has 0 aliphatic carbocycles. The minimum absolute atomic E-state index is 0. The molecule has 0 aromatic heterocycles. The third kappa shape index (κ3) is 4.96. The van der Waals surface area contributed by atoms with Gasteiger partial charge in [0.2, 0.25) is 8.32 Å². The summed E-state index contributed by atoms with van der Waals surface area (Å²) < 4.78 is 18.1.